The molecule has 1 aromatic carbocycles. The van der Waals surface area contributed by atoms with E-state index in [1.807, 2.05) is 13.8 Å². The van der Waals surface area contributed by atoms with Gasteiger partial charge in [0.05, 0.1) is 16.9 Å². The number of carbonyl (C=O) groups excluding carboxylic acids is 1. The first-order valence-electron chi connectivity index (χ1n) is 9.95. The van der Waals surface area contributed by atoms with Gasteiger partial charge in [0.25, 0.3) is 5.91 Å². The van der Waals surface area contributed by atoms with E-state index in [0.717, 1.165) is 12.0 Å². The van der Waals surface area contributed by atoms with Gasteiger partial charge in [-0.1, -0.05) is 0 Å². The van der Waals surface area contributed by atoms with Crippen molar-refractivity contribution >= 4 is 26.7 Å². The van der Waals surface area contributed by atoms with Crippen molar-refractivity contribution in [3.63, 3.8) is 0 Å². The average Bonchev–Trinajstić information content (AvgIpc) is 2.96. The third kappa shape index (κ3) is 4.16. The third-order valence-electron chi connectivity index (χ3n) is 5.56. The second kappa shape index (κ2) is 7.30. The number of aryl methyl sites for hydroxylation is 2. The molecule has 0 aliphatic carbocycles. The van der Waals surface area contributed by atoms with Gasteiger partial charge >= 0.3 is 5.63 Å². The highest BCUT2D eigenvalue weighted by Gasteiger charge is 2.31. The van der Waals surface area contributed by atoms with Gasteiger partial charge in [0, 0.05) is 23.7 Å². The van der Waals surface area contributed by atoms with Gasteiger partial charge < -0.3 is 19.2 Å². The first-order chi connectivity index (χ1) is 14.0. The van der Waals surface area contributed by atoms with E-state index in [0.29, 0.717) is 40.9 Å². The molecule has 3 heterocycles. The summed E-state index contributed by atoms with van der Waals surface area (Å²) in [5.41, 5.74) is 1.10. The minimum atomic E-state index is -3.08. The zero-order valence-electron chi connectivity index (χ0n) is 17.2. The summed E-state index contributed by atoms with van der Waals surface area (Å²) in [6.45, 7) is 5.47. The van der Waals surface area contributed by atoms with E-state index in [1.54, 1.807) is 13.0 Å². The summed E-state index contributed by atoms with van der Waals surface area (Å²) < 4.78 is 40.5. The number of amides is 1. The molecule has 9 heteroatoms. The lowest BCUT2D eigenvalue weighted by Gasteiger charge is -2.33. The third-order valence-corrected chi connectivity index (χ3v) is 7.33. The summed E-state index contributed by atoms with van der Waals surface area (Å²) in [6.07, 6.45) is 1.88. The van der Waals surface area contributed by atoms with Crippen LogP contribution in [0.25, 0.3) is 11.0 Å². The van der Waals surface area contributed by atoms with Crippen LogP contribution in [0.4, 0.5) is 0 Å². The van der Waals surface area contributed by atoms with Crippen LogP contribution in [-0.4, -0.2) is 44.1 Å². The molecule has 0 bridgehead atoms. The molecule has 162 valence electrons. The highest BCUT2D eigenvalue weighted by Crippen LogP contribution is 2.42. The van der Waals surface area contributed by atoms with Crippen LogP contribution < -0.4 is 20.4 Å². The van der Waals surface area contributed by atoms with Crippen LogP contribution in [-0.2, 0) is 21.1 Å². The van der Waals surface area contributed by atoms with Crippen LogP contribution in [0, 0.1) is 6.92 Å². The van der Waals surface area contributed by atoms with E-state index in [4.69, 9.17) is 13.9 Å². The Bertz CT molecular complexity index is 1180. The Morgan fingerprint density at radius 2 is 2.10 bits per heavy atom. The number of sulfone groups is 1. The molecule has 0 spiro atoms. The summed E-state index contributed by atoms with van der Waals surface area (Å²) in [5, 5.41) is 3.34. The fourth-order valence-electron chi connectivity index (χ4n) is 4.06. The van der Waals surface area contributed by atoms with Gasteiger partial charge in [-0.3, -0.25) is 4.79 Å². The van der Waals surface area contributed by atoms with Crippen LogP contribution in [0.1, 0.15) is 37.8 Å². The van der Waals surface area contributed by atoms with Crippen LogP contribution in [0.2, 0.25) is 0 Å². The van der Waals surface area contributed by atoms with Crippen molar-refractivity contribution < 1.29 is 27.1 Å². The first kappa shape index (κ1) is 20.7. The average molecular weight is 435 g/mol. The number of rotatable bonds is 4. The molecule has 0 radical (unpaired) electrons. The second-order valence-electron chi connectivity index (χ2n) is 8.62. The predicted octanol–water partition coefficient (Wildman–Crippen LogP) is 1.89. The topological polar surface area (TPSA) is 112 Å². The number of hydrogen-bond acceptors (Lipinski definition) is 7. The molecular formula is C21H25NO7S. The van der Waals surface area contributed by atoms with Crippen molar-refractivity contribution in [3.8, 4) is 11.5 Å². The zero-order valence-corrected chi connectivity index (χ0v) is 18.1. The predicted molar refractivity (Wildman–Crippen MR) is 111 cm³/mol. The van der Waals surface area contributed by atoms with Gasteiger partial charge in [-0.25, -0.2) is 13.2 Å². The minimum Gasteiger partial charge on any atom is -0.487 e. The lowest BCUT2D eigenvalue weighted by molar-refractivity contribution is -0.123. The number of carbonyl (C=O) groups is 1. The van der Waals surface area contributed by atoms with E-state index >= 15 is 0 Å². The van der Waals surface area contributed by atoms with Crippen LogP contribution in [0.3, 0.4) is 0 Å². The van der Waals surface area contributed by atoms with Gasteiger partial charge in [0.15, 0.2) is 16.4 Å². The molecule has 0 unspecified atom stereocenters. The van der Waals surface area contributed by atoms with E-state index in [-0.39, 0.29) is 23.7 Å². The number of fused-ring (bicyclic) bond motifs is 3. The SMILES string of the molecule is Cc1cc(=O)oc2c3c(cc(OCC(=O)N[C@@H]4CCS(=O)(=O)C4)c12)OC(C)(C)CC3. The number of benzene rings is 1. The maximum atomic E-state index is 12.3. The Balaban J connectivity index is 1.62. The van der Waals surface area contributed by atoms with Crippen molar-refractivity contribution in [2.45, 2.75) is 51.7 Å². The fraction of sp³-hybridized carbons (Fsp3) is 0.524. The van der Waals surface area contributed by atoms with Gasteiger partial charge in [0.2, 0.25) is 0 Å². The molecule has 1 saturated heterocycles. The summed E-state index contributed by atoms with van der Waals surface area (Å²) >= 11 is 0. The van der Waals surface area contributed by atoms with Crippen molar-refractivity contribution in [1.82, 2.24) is 5.32 Å². The summed E-state index contributed by atoms with van der Waals surface area (Å²) in [5.74, 6) is 0.591. The van der Waals surface area contributed by atoms with E-state index in [1.165, 1.54) is 6.07 Å². The van der Waals surface area contributed by atoms with Gasteiger partial charge in [-0.15, -0.1) is 0 Å². The van der Waals surface area contributed by atoms with Crippen LogP contribution >= 0.6 is 0 Å². The molecule has 1 amide bonds. The lowest BCUT2D eigenvalue weighted by Crippen LogP contribution is -2.38. The van der Waals surface area contributed by atoms with Crippen molar-refractivity contribution in [1.29, 1.82) is 0 Å². The lowest BCUT2D eigenvalue weighted by atomic mass is 9.92. The molecule has 0 saturated carbocycles. The van der Waals surface area contributed by atoms with E-state index in [9.17, 15) is 18.0 Å². The monoisotopic (exact) mass is 435 g/mol. The smallest absolute Gasteiger partial charge is 0.336 e. The van der Waals surface area contributed by atoms with Gasteiger partial charge in [0.1, 0.15) is 22.7 Å². The largest absolute Gasteiger partial charge is 0.487 e. The summed E-state index contributed by atoms with van der Waals surface area (Å²) in [4.78, 5) is 24.3. The van der Waals surface area contributed by atoms with Crippen molar-refractivity contribution in [2.24, 2.45) is 0 Å². The molecule has 1 fully saturated rings. The maximum absolute atomic E-state index is 12.3. The summed E-state index contributed by atoms with van der Waals surface area (Å²) in [7, 11) is -3.08. The molecule has 2 aliphatic rings. The number of ether oxygens (including phenoxy) is 2. The Morgan fingerprint density at radius 3 is 2.80 bits per heavy atom. The Hall–Kier alpha value is -2.55. The number of hydrogen-bond donors (Lipinski definition) is 1. The Labute approximate surface area is 174 Å². The fourth-order valence-corrected chi connectivity index (χ4v) is 5.73. The molecule has 30 heavy (non-hydrogen) atoms. The Kier molecular flexibility index (Phi) is 5.04. The minimum absolute atomic E-state index is 0.0479. The standard InChI is InChI=1S/C21H25NO7S/c1-12-8-18(24)28-20-14-4-6-21(2,3)29-15(14)9-16(19(12)20)27-10-17(23)22-13-5-7-30(25,26)11-13/h8-9,13H,4-7,10-11H2,1-3H3,(H,22,23)/t13-/m1/s1. The maximum Gasteiger partial charge on any atom is 0.336 e. The molecule has 1 N–H and O–H groups in total. The van der Waals surface area contributed by atoms with Gasteiger partial charge in [-0.2, -0.15) is 0 Å². The quantitative estimate of drug-likeness (QED) is 0.730. The molecule has 1 aromatic heterocycles. The van der Waals surface area contributed by atoms with Crippen molar-refractivity contribution in [2.75, 3.05) is 18.1 Å². The second-order valence-corrected chi connectivity index (χ2v) is 10.9. The zero-order chi connectivity index (χ0) is 21.7. The molecular weight excluding hydrogens is 410 g/mol. The molecule has 1 atom stereocenters. The van der Waals surface area contributed by atoms with E-state index in [2.05, 4.69) is 5.32 Å². The normalized spacial score (nSPS) is 21.6. The van der Waals surface area contributed by atoms with Crippen LogP contribution in [0.15, 0.2) is 21.3 Å². The number of nitrogens with one attached hydrogen (secondary N) is 1. The Morgan fingerprint density at radius 1 is 1.33 bits per heavy atom. The molecule has 2 aromatic rings. The summed E-state index contributed by atoms with van der Waals surface area (Å²) in [6, 6.07) is 2.73. The molecule has 2 aliphatic heterocycles. The highest BCUT2D eigenvalue weighted by molar-refractivity contribution is 7.91. The van der Waals surface area contributed by atoms with Crippen molar-refractivity contribution in [3.05, 3.63) is 33.7 Å². The first-order valence-corrected chi connectivity index (χ1v) is 11.8. The highest BCUT2D eigenvalue weighted by atomic mass is 32.2. The molecule has 4 rings (SSSR count). The van der Waals surface area contributed by atoms with Crippen LogP contribution in [0.5, 0.6) is 11.5 Å². The van der Waals surface area contributed by atoms with E-state index < -0.39 is 27.4 Å². The van der Waals surface area contributed by atoms with Gasteiger partial charge in [-0.05, 0) is 45.6 Å². The molecule has 8 nitrogen and oxygen atoms in total.